The number of hydrogen-bond acceptors (Lipinski definition) is 7. The van der Waals surface area contributed by atoms with E-state index in [-0.39, 0.29) is 22.1 Å². The lowest BCUT2D eigenvalue weighted by atomic mass is 9.94. The van der Waals surface area contributed by atoms with Gasteiger partial charge in [0.1, 0.15) is 5.71 Å². The predicted octanol–water partition coefficient (Wildman–Crippen LogP) is 2.81. The summed E-state index contributed by atoms with van der Waals surface area (Å²) >= 11 is 1.13. The van der Waals surface area contributed by atoms with Crippen LogP contribution < -0.4 is 0 Å². The van der Waals surface area contributed by atoms with Crippen molar-refractivity contribution in [2.24, 2.45) is 5.16 Å². The summed E-state index contributed by atoms with van der Waals surface area (Å²) in [5.41, 5.74) is 0.225. The number of aryl methyl sites for hydroxylation is 1. The molecular formula is C15H16F3N3O3S. The fraction of sp³-hybridized carbons (Fsp3) is 0.667. The molecule has 0 aromatic carbocycles. The highest BCUT2D eigenvalue weighted by atomic mass is 32.2. The van der Waals surface area contributed by atoms with Gasteiger partial charge in [-0.3, -0.25) is 0 Å². The normalized spacial score (nSPS) is 30.5. The molecule has 2 saturated heterocycles. The van der Waals surface area contributed by atoms with E-state index in [4.69, 9.17) is 14.7 Å². The molecule has 10 heteroatoms. The summed E-state index contributed by atoms with van der Waals surface area (Å²) in [7, 11) is 0. The summed E-state index contributed by atoms with van der Waals surface area (Å²) in [6.07, 6.45) is -2.64. The Kier molecular flexibility index (Phi) is 4.37. The summed E-state index contributed by atoms with van der Waals surface area (Å²) in [5, 5.41) is 12.1. The van der Waals surface area contributed by atoms with E-state index >= 15 is 0 Å². The maximum absolute atomic E-state index is 13.4. The van der Waals surface area contributed by atoms with E-state index in [1.807, 2.05) is 0 Å². The second-order valence-corrected chi connectivity index (χ2v) is 7.48. The molecule has 2 bridgehead atoms. The third-order valence-electron chi connectivity index (χ3n) is 4.62. The van der Waals surface area contributed by atoms with E-state index in [9.17, 15) is 13.2 Å². The highest BCUT2D eigenvalue weighted by Crippen LogP contribution is 2.39. The molecule has 6 nitrogen and oxygen atoms in total. The number of alkyl halides is 3. The Labute approximate surface area is 145 Å². The van der Waals surface area contributed by atoms with E-state index < -0.39 is 18.2 Å². The quantitative estimate of drug-likeness (QED) is 0.487. The van der Waals surface area contributed by atoms with Crippen molar-refractivity contribution in [1.82, 2.24) is 9.97 Å². The minimum absolute atomic E-state index is 0.0872. The van der Waals surface area contributed by atoms with Crippen LogP contribution in [-0.2, 0) is 28.5 Å². The third-order valence-corrected chi connectivity index (χ3v) is 5.79. The van der Waals surface area contributed by atoms with Crippen molar-refractivity contribution in [3.63, 3.8) is 0 Å². The Morgan fingerprint density at radius 3 is 2.76 bits per heavy atom. The van der Waals surface area contributed by atoms with Crippen molar-refractivity contribution in [2.45, 2.75) is 61.1 Å². The second-order valence-electron chi connectivity index (χ2n) is 6.28. The van der Waals surface area contributed by atoms with Crippen molar-refractivity contribution in [3.8, 4) is 0 Å². The van der Waals surface area contributed by atoms with Gasteiger partial charge in [0, 0.05) is 22.9 Å². The molecule has 1 N–H and O–H groups in total. The zero-order valence-corrected chi connectivity index (χ0v) is 13.9. The van der Waals surface area contributed by atoms with Gasteiger partial charge in [-0.1, -0.05) is 16.9 Å². The van der Waals surface area contributed by atoms with Gasteiger partial charge in [0.2, 0.25) is 6.29 Å². The van der Waals surface area contributed by atoms with Crippen LogP contribution in [0.1, 0.15) is 36.2 Å². The first-order valence-corrected chi connectivity index (χ1v) is 8.95. The second kappa shape index (κ2) is 6.40. The molecule has 1 aromatic heterocycles. The molecule has 3 unspecified atom stereocenters. The van der Waals surface area contributed by atoms with Gasteiger partial charge in [0.15, 0.2) is 10.9 Å². The average Bonchev–Trinajstić information content (AvgIpc) is 3.01. The Hall–Kier alpha value is -1.39. The predicted molar refractivity (Wildman–Crippen MR) is 81.8 cm³/mol. The molecule has 0 radical (unpaired) electrons. The minimum Gasteiger partial charge on any atom is -0.411 e. The van der Waals surface area contributed by atoms with Gasteiger partial charge in [-0.15, -0.1) is 0 Å². The summed E-state index contributed by atoms with van der Waals surface area (Å²) in [4.78, 5) is 8.18. The van der Waals surface area contributed by atoms with Crippen molar-refractivity contribution < 1.29 is 27.9 Å². The first kappa shape index (κ1) is 17.0. The molecule has 1 aliphatic carbocycles. The monoisotopic (exact) mass is 375 g/mol. The Bertz CT molecular complexity index is 713. The van der Waals surface area contributed by atoms with Crippen LogP contribution in [0.5, 0.6) is 0 Å². The van der Waals surface area contributed by atoms with Crippen LogP contribution >= 0.6 is 11.8 Å². The number of fused-ring (bicyclic) bond motifs is 3. The minimum atomic E-state index is -4.50. The number of rotatable bonds is 2. The molecule has 3 aliphatic rings. The number of halogens is 3. The van der Waals surface area contributed by atoms with Crippen LogP contribution in [0.15, 0.2) is 10.3 Å². The highest BCUT2D eigenvalue weighted by molar-refractivity contribution is 7.99. The van der Waals surface area contributed by atoms with Crippen LogP contribution in [0.2, 0.25) is 0 Å². The zero-order chi connectivity index (χ0) is 17.6. The molecule has 3 atom stereocenters. The highest BCUT2D eigenvalue weighted by Gasteiger charge is 2.44. The number of oxime groups is 1. The van der Waals surface area contributed by atoms with Gasteiger partial charge in [0.25, 0.3) is 0 Å². The van der Waals surface area contributed by atoms with Crippen molar-refractivity contribution in [1.29, 1.82) is 0 Å². The van der Waals surface area contributed by atoms with Crippen molar-refractivity contribution >= 4 is 17.5 Å². The standard InChI is InChI=1S/C15H16F3N3O3S/c16-15(17,18)12-7-3-1-2-4-8(7)19-14(20-12)25-11-5-9(21-22)13-23-6-10(11)24-13/h10-11,13,22H,1-6H2. The van der Waals surface area contributed by atoms with Crippen LogP contribution in [0.4, 0.5) is 13.2 Å². The number of nitrogens with zero attached hydrogens (tertiary/aromatic N) is 3. The number of ether oxygens (including phenoxy) is 2. The summed E-state index contributed by atoms with van der Waals surface area (Å²) in [6, 6.07) is 0. The Morgan fingerprint density at radius 1 is 1.20 bits per heavy atom. The van der Waals surface area contributed by atoms with Gasteiger partial charge in [-0.05, 0) is 25.7 Å². The van der Waals surface area contributed by atoms with E-state index in [1.165, 1.54) is 0 Å². The van der Waals surface area contributed by atoms with Crippen LogP contribution in [0, 0.1) is 0 Å². The van der Waals surface area contributed by atoms with Gasteiger partial charge >= 0.3 is 6.18 Å². The fourth-order valence-corrected chi connectivity index (χ4v) is 4.55. The average molecular weight is 375 g/mol. The first-order valence-electron chi connectivity index (χ1n) is 8.07. The van der Waals surface area contributed by atoms with Gasteiger partial charge < -0.3 is 14.7 Å². The van der Waals surface area contributed by atoms with Crippen molar-refractivity contribution in [3.05, 3.63) is 17.0 Å². The summed E-state index contributed by atoms with van der Waals surface area (Å²) in [5.74, 6) is 0. The molecule has 136 valence electrons. The number of hydrogen-bond donors (Lipinski definition) is 1. The summed E-state index contributed by atoms with van der Waals surface area (Å²) < 4.78 is 51.2. The van der Waals surface area contributed by atoms with E-state index in [1.54, 1.807) is 0 Å². The van der Waals surface area contributed by atoms with Gasteiger partial charge in [-0.2, -0.15) is 13.2 Å². The summed E-state index contributed by atoms with van der Waals surface area (Å²) in [6.45, 7) is 0.304. The SMILES string of the molecule is ON=C1CC(Sc2nc3c(c(C(F)(F)F)n2)CCCC3)C2COC1O2. The molecule has 0 spiro atoms. The number of thioether (sulfide) groups is 1. The van der Waals surface area contributed by atoms with E-state index in [0.717, 1.165) is 24.6 Å². The molecule has 4 rings (SSSR count). The maximum atomic E-state index is 13.4. The molecule has 25 heavy (non-hydrogen) atoms. The lowest BCUT2D eigenvalue weighted by molar-refractivity contribution is -0.142. The van der Waals surface area contributed by atoms with Gasteiger partial charge in [0.05, 0.1) is 12.7 Å². The fourth-order valence-electron chi connectivity index (χ4n) is 3.42. The largest absolute Gasteiger partial charge is 0.433 e. The smallest absolute Gasteiger partial charge is 0.411 e. The Balaban J connectivity index is 1.64. The number of aromatic nitrogens is 2. The lowest BCUT2D eigenvalue weighted by Gasteiger charge is -2.27. The molecule has 3 heterocycles. The van der Waals surface area contributed by atoms with Crippen molar-refractivity contribution in [2.75, 3.05) is 6.61 Å². The molecule has 1 aromatic rings. The third kappa shape index (κ3) is 3.22. The molecular weight excluding hydrogens is 359 g/mol. The van der Waals surface area contributed by atoms with E-state index in [0.29, 0.717) is 37.3 Å². The molecule has 0 amide bonds. The van der Waals surface area contributed by atoms with E-state index in [2.05, 4.69) is 15.1 Å². The molecule has 0 saturated carbocycles. The van der Waals surface area contributed by atoms with Crippen LogP contribution in [-0.4, -0.2) is 45.1 Å². The Morgan fingerprint density at radius 2 is 2.00 bits per heavy atom. The van der Waals surface area contributed by atoms with Crippen LogP contribution in [0.25, 0.3) is 0 Å². The molecule has 2 fully saturated rings. The maximum Gasteiger partial charge on any atom is 0.433 e. The zero-order valence-electron chi connectivity index (χ0n) is 13.1. The van der Waals surface area contributed by atoms with Crippen LogP contribution in [0.3, 0.4) is 0 Å². The van der Waals surface area contributed by atoms with Gasteiger partial charge in [-0.25, -0.2) is 9.97 Å². The first-order chi connectivity index (χ1) is 12.0. The topological polar surface area (TPSA) is 76.8 Å². The molecule has 2 aliphatic heterocycles. The lowest BCUT2D eigenvalue weighted by Crippen LogP contribution is -2.37.